The molecule has 3 atom stereocenters. The van der Waals surface area contributed by atoms with Gasteiger partial charge in [-0.25, -0.2) is 5.01 Å². The van der Waals surface area contributed by atoms with E-state index >= 15 is 0 Å². The van der Waals surface area contributed by atoms with E-state index in [1.165, 1.54) is 5.01 Å². The number of amides is 3. The van der Waals surface area contributed by atoms with Crippen molar-refractivity contribution in [2.24, 2.45) is 16.9 Å². The summed E-state index contributed by atoms with van der Waals surface area (Å²) in [6.07, 6.45) is 5.49. The zero-order chi connectivity index (χ0) is 25.5. The average molecular weight is 494 g/mol. The molecule has 1 fully saturated rings. The number of carbonyl (C=O) groups is 3. The fraction of sp³-hybridized carbons (Fsp3) is 0.267. The summed E-state index contributed by atoms with van der Waals surface area (Å²) in [4.78, 5) is 40.7. The van der Waals surface area contributed by atoms with Crippen LogP contribution in [0.5, 0.6) is 5.75 Å². The number of hydrogen-bond acceptors (Lipinski definition) is 5. The van der Waals surface area contributed by atoms with Crippen LogP contribution in [0.1, 0.15) is 36.4 Å². The lowest BCUT2D eigenvalue weighted by molar-refractivity contribution is -0.147. The van der Waals surface area contributed by atoms with E-state index in [0.29, 0.717) is 19.3 Å². The molecule has 1 aliphatic carbocycles. The molecule has 0 radical (unpaired) electrons. The van der Waals surface area contributed by atoms with Crippen LogP contribution in [0.3, 0.4) is 0 Å². The molecule has 3 aromatic carbocycles. The number of nitrogens with zero attached hydrogens (tertiary/aromatic N) is 3. The highest BCUT2D eigenvalue weighted by atomic mass is 16.5. The Morgan fingerprint density at radius 1 is 0.919 bits per heavy atom. The van der Waals surface area contributed by atoms with Crippen molar-refractivity contribution in [2.45, 2.75) is 25.3 Å². The molecule has 2 aliphatic heterocycles. The maximum Gasteiger partial charge on any atom is 0.263 e. The van der Waals surface area contributed by atoms with Crippen molar-refractivity contribution in [2.75, 3.05) is 13.7 Å². The molecule has 2 heterocycles. The summed E-state index contributed by atoms with van der Waals surface area (Å²) in [6.45, 7) is -0.300. The fourth-order valence-corrected chi connectivity index (χ4v) is 5.60. The first-order valence-corrected chi connectivity index (χ1v) is 12.6. The summed E-state index contributed by atoms with van der Waals surface area (Å²) in [5.41, 5.74) is 2.64. The van der Waals surface area contributed by atoms with Gasteiger partial charge in [0.25, 0.3) is 5.91 Å². The quantitative estimate of drug-likeness (QED) is 0.388. The molecule has 7 heteroatoms. The minimum Gasteiger partial charge on any atom is -0.497 e. The van der Waals surface area contributed by atoms with Crippen LogP contribution in [0.25, 0.3) is 10.8 Å². The van der Waals surface area contributed by atoms with Crippen molar-refractivity contribution < 1.29 is 19.1 Å². The van der Waals surface area contributed by atoms with Crippen molar-refractivity contribution in [1.29, 1.82) is 0 Å². The van der Waals surface area contributed by atoms with Gasteiger partial charge in [0.05, 0.1) is 30.7 Å². The van der Waals surface area contributed by atoms with E-state index < -0.39 is 0 Å². The van der Waals surface area contributed by atoms with Crippen LogP contribution in [-0.2, 0) is 14.4 Å². The van der Waals surface area contributed by atoms with Gasteiger partial charge in [0, 0.05) is 6.42 Å². The van der Waals surface area contributed by atoms with Gasteiger partial charge in [0.1, 0.15) is 12.3 Å². The Labute approximate surface area is 215 Å². The van der Waals surface area contributed by atoms with Crippen LogP contribution in [0.4, 0.5) is 0 Å². The van der Waals surface area contributed by atoms with Crippen LogP contribution < -0.4 is 4.74 Å². The zero-order valence-electron chi connectivity index (χ0n) is 20.5. The van der Waals surface area contributed by atoms with E-state index in [-0.39, 0.29) is 42.1 Å². The van der Waals surface area contributed by atoms with Gasteiger partial charge >= 0.3 is 0 Å². The molecular formula is C30H27N3O4. The van der Waals surface area contributed by atoms with Gasteiger partial charge in [-0.3, -0.25) is 19.3 Å². The average Bonchev–Trinajstić information content (AvgIpc) is 3.49. The number of hydrazone groups is 1. The molecule has 0 saturated carbocycles. The van der Waals surface area contributed by atoms with Crippen LogP contribution in [0, 0.1) is 11.8 Å². The summed E-state index contributed by atoms with van der Waals surface area (Å²) < 4.78 is 5.30. The van der Waals surface area contributed by atoms with Crippen LogP contribution in [0.2, 0.25) is 0 Å². The summed E-state index contributed by atoms with van der Waals surface area (Å²) in [5, 5.41) is 8.43. The molecule has 0 unspecified atom stereocenters. The van der Waals surface area contributed by atoms with Crippen LogP contribution in [0.15, 0.2) is 84.0 Å². The maximum absolute atomic E-state index is 13.6. The zero-order valence-corrected chi connectivity index (χ0v) is 20.5. The van der Waals surface area contributed by atoms with Crippen LogP contribution >= 0.6 is 0 Å². The number of methoxy groups -OCH3 is 1. The van der Waals surface area contributed by atoms with Gasteiger partial charge in [0.2, 0.25) is 11.8 Å². The fourth-order valence-electron chi connectivity index (χ4n) is 5.60. The van der Waals surface area contributed by atoms with E-state index in [4.69, 9.17) is 9.84 Å². The molecule has 186 valence electrons. The monoisotopic (exact) mass is 493 g/mol. The number of fused-ring (bicyclic) bond motifs is 2. The number of rotatable bonds is 5. The van der Waals surface area contributed by atoms with E-state index in [2.05, 4.69) is 24.3 Å². The molecule has 3 amide bonds. The Balaban J connectivity index is 1.31. The van der Waals surface area contributed by atoms with Crippen molar-refractivity contribution in [3.63, 3.8) is 0 Å². The topological polar surface area (TPSA) is 79.3 Å². The van der Waals surface area contributed by atoms with Gasteiger partial charge in [-0.1, -0.05) is 60.7 Å². The smallest absolute Gasteiger partial charge is 0.263 e. The molecule has 3 aromatic rings. The van der Waals surface area contributed by atoms with Crippen molar-refractivity contribution in [3.05, 3.63) is 90.0 Å². The summed E-state index contributed by atoms with van der Waals surface area (Å²) in [6, 6.07) is 21.5. The molecule has 0 spiro atoms. The predicted molar refractivity (Wildman–Crippen MR) is 140 cm³/mol. The van der Waals surface area contributed by atoms with Crippen LogP contribution in [-0.4, -0.2) is 47.0 Å². The van der Waals surface area contributed by atoms with Crippen molar-refractivity contribution in [3.8, 4) is 5.75 Å². The molecule has 3 aliphatic rings. The Morgan fingerprint density at radius 2 is 1.59 bits per heavy atom. The van der Waals surface area contributed by atoms with Crippen molar-refractivity contribution >= 4 is 34.2 Å². The largest absolute Gasteiger partial charge is 0.497 e. The SMILES string of the molecule is COc1ccc([C@@H]2CC(c3ccc4ccccc4c3)=NN2C(=O)CN2C(=O)[C@@H]3CC=CC[C@H]3C2=O)cc1. The molecular weight excluding hydrogens is 466 g/mol. The first-order chi connectivity index (χ1) is 18.0. The lowest BCUT2D eigenvalue weighted by Crippen LogP contribution is -2.41. The summed E-state index contributed by atoms with van der Waals surface area (Å²) in [7, 11) is 1.61. The predicted octanol–water partition coefficient (Wildman–Crippen LogP) is 4.48. The van der Waals surface area contributed by atoms with E-state index in [9.17, 15) is 14.4 Å². The molecule has 1 saturated heterocycles. The Kier molecular flexibility index (Phi) is 5.83. The number of ether oxygens (including phenoxy) is 1. The highest BCUT2D eigenvalue weighted by molar-refractivity contribution is 6.09. The maximum atomic E-state index is 13.6. The second kappa shape index (κ2) is 9.32. The normalized spacial score (nSPS) is 22.9. The lowest BCUT2D eigenvalue weighted by atomic mass is 9.85. The molecule has 0 bridgehead atoms. The standard InChI is InChI=1S/C30H27N3O4/c1-37-23-14-12-20(13-15-23)27-17-26(22-11-10-19-6-2-3-7-21(19)16-22)31-33(27)28(34)18-32-29(35)24-8-4-5-9-25(24)30(32)36/h2-7,10-16,24-25,27H,8-9,17-18H2,1H3/t24-,25-,27+/m1/s1. The third-order valence-electron chi connectivity index (χ3n) is 7.64. The molecule has 0 N–H and O–H groups in total. The Morgan fingerprint density at radius 3 is 2.27 bits per heavy atom. The van der Waals surface area contributed by atoms with E-state index in [1.54, 1.807) is 7.11 Å². The molecule has 0 aromatic heterocycles. The highest BCUT2D eigenvalue weighted by Crippen LogP contribution is 2.37. The summed E-state index contributed by atoms with van der Waals surface area (Å²) >= 11 is 0. The number of carbonyl (C=O) groups excluding carboxylic acids is 3. The van der Waals surface area contributed by atoms with Gasteiger partial charge < -0.3 is 4.74 Å². The number of allylic oxidation sites excluding steroid dienone is 2. The second-order valence-corrected chi connectivity index (χ2v) is 9.76. The lowest BCUT2D eigenvalue weighted by Gasteiger charge is -2.24. The number of hydrogen-bond donors (Lipinski definition) is 0. The number of benzene rings is 3. The number of likely N-dealkylation sites (tertiary alicyclic amines) is 1. The molecule has 7 nitrogen and oxygen atoms in total. The van der Waals surface area contributed by atoms with E-state index in [0.717, 1.165) is 38.3 Å². The second-order valence-electron chi connectivity index (χ2n) is 9.76. The first-order valence-electron chi connectivity index (χ1n) is 12.6. The van der Waals surface area contributed by atoms with Gasteiger partial charge in [-0.2, -0.15) is 5.10 Å². The molecule has 37 heavy (non-hydrogen) atoms. The molecule has 6 rings (SSSR count). The van der Waals surface area contributed by atoms with Crippen molar-refractivity contribution in [1.82, 2.24) is 9.91 Å². The minimum atomic E-state index is -0.370. The van der Waals surface area contributed by atoms with E-state index in [1.807, 2.05) is 54.6 Å². The number of imide groups is 1. The van der Waals surface area contributed by atoms with Gasteiger partial charge in [0.15, 0.2) is 0 Å². The highest BCUT2D eigenvalue weighted by Gasteiger charge is 2.48. The third-order valence-corrected chi connectivity index (χ3v) is 7.64. The summed E-state index contributed by atoms with van der Waals surface area (Å²) in [5.74, 6) is -0.890. The van der Waals surface area contributed by atoms with Gasteiger partial charge in [-0.05, 0) is 52.9 Å². The Bertz CT molecular complexity index is 1430. The Hall–Kier alpha value is -4.26. The first kappa shape index (κ1) is 23.2. The van der Waals surface area contributed by atoms with Gasteiger partial charge in [-0.15, -0.1) is 0 Å². The minimum absolute atomic E-state index is 0.258. The third kappa shape index (κ3) is 4.10.